The van der Waals surface area contributed by atoms with E-state index in [-0.39, 0.29) is 0 Å². The molecule has 1 aromatic carbocycles. The molecular weight excluding hydrogens is 374 g/mol. The number of piperidine rings is 1. The molecular formula is C24H43N5O. The number of hydrogen-bond donors (Lipinski definition) is 2. The van der Waals surface area contributed by atoms with Crippen molar-refractivity contribution in [3.05, 3.63) is 35.9 Å². The van der Waals surface area contributed by atoms with Gasteiger partial charge in [0.05, 0.1) is 19.3 Å². The van der Waals surface area contributed by atoms with E-state index in [1.807, 2.05) is 0 Å². The predicted octanol–water partition coefficient (Wildman–Crippen LogP) is 2.95. The Hall–Kier alpha value is -1.63. The molecule has 1 unspecified atom stereocenters. The largest absolute Gasteiger partial charge is 0.377 e. The highest BCUT2D eigenvalue weighted by molar-refractivity contribution is 5.80. The topological polar surface area (TPSA) is 52.1 Å². The molecule has 1 aromatic rings. The van der Waals surface area contributed by atoms with Gasteiger partial charge >= 0.3 is 0 Å². The standard InChI is InChI=1S/C24H43N5O/c1-6-25-24(26-18-21(4)28(5)19-22-10-8-7-9-11-22)27-23-12-14-29(15-13-23)16-17-30-20(2)3/h7-11,20-21,23H,6,12-19H2,1-5H3,(H2,25,26,27). The van der Waals surface area contributed by atoms with Crippen molar-refractivity contribution in [3.63, 3.8) is 0 Å². The lowest BCUT2D eigenvalue weighted by Crippen LogP contribution is -2.49. The van der Waals surface area contributed by atoms with E-state index >= 15 is 0 Å². The first-order valence-electron chi connectivity index (χ1n) is 11.6. The first-order chi connectivity index (χ1) is 14.5. The van der Waals surface area contributed by atoms with Crippen molar-refractivity contribution in [2.45, 2.75) is 65.3 Å². The SMILES string of the molecule is CCNC(=NCC(C)N(C)Cc1ccccc1)NC1CCN(CCOC(C)C)CC1. The van der Waals surface area contributed by atoms with Crippen LogP contribution in [-0.2, 0) is 11.3 Å². The number of rotatable bonds is 11. The Morgan fingerprint density at radius 3 is 2.53 bits per heavy atom. The van der Waals surface area contributed by atoms with Crippen LogP contribution in [0, 0.1) is 0 Å². The number of guanidine groups is 1. The van der Waals surface area contributed by atoms with Crippen molar-refractivity contribution < 1.29 is 4.74 Å². The average molecular weight is 418 g/mol. The van der Waals surface area contributed by atoms with Gasteiger partial charge in [-0.15, -0.1) is 0 Å². The van der Waals surface area contributed by atoms with Gasteiger partial charge in [-0.1, -0.05) is 30.3 Å². The number of hydrogen-bond acceptors (Lipinski definition) is 4. The van der Waals surface area contributed by atoms with Gasteiger partial charge in [-0.25, -0.2) is 0 Å². The summed E-state index contributed by atoms with van der Waals surface area (Å²) in [6.07, 6.45) is 2.61. The smallest absolute Gasteiger partial charge is 0.191 e. The van der Waals surface area contributed by atoms with E-state index in [4.69, 9.17) is 9.73 Å². The molecule has 0 bridgehead atoms. The van der Waals surface area contributed by atoms with Crippen molar-refractivity contribution in [1.29, 1.82) is 0 Å². The maximum Gasteiger partial charge on any atom is 0.191 e. The van der Waals surface area contributed by atoms with Crippen LogP contribution in [0.1, 0.15) is 46.1 Å². The third-order valence-electron chi connectivity index (χ3n) is 5.67. The highest BCUT2D eigenvalue weighted by Gasteiger charge is 2.20. The summed E-state index contributed by atoms with van der Waals surface area (Å²) < 4.78 is 5.69. The van der Waals surface area contributed by atoms with Crippen LogP contribution in [0.4, 0.5) is 0 Å². The van der Waals surface area contributed by atoms with E-state index in [9.17, 15) is 0 Å². The van der Waals surface area contributed by atoms with Crippen LogP contribution >= 0.6 is 0 Å². The van der Waals surface area contributed by atoms with Crippen molar-refractivity contribution >= 4 is 5.96 Å². The van der Waals surface area contributed by atoms with Gasteiger partial charge in [-0.2, -0.15) is 0 Å². The number of ether oxygens (including phenoxy) is 1. The Morgan fingerprint density at radius 1 is 1.20 bits per heavy atom. The van der Waals surface area contributed by atoms with Crippen LogP contribution in [0.5, 0.6) is 0 Å². The van der Waals surface area contributed by atoms with Gasteiger partial charge in [-0.05, 0) is 53.1 Å². The molecule has 6 nitrogen and oxygen atoms in total. The Kier molecular flexibility index (Phi) is 11.2. The molecule has 0 radical (unpaired) electrons. The highest BCUT2D eigenvalue weighted by atomic mass is 16.5. The van der Waals surface area contributed by atoms with Gasteiger partial charge < -0.3 is 20.3 Å². The van der Waals surface area contributed by atoms with E-state index in [1.165, 1.54) is 5.56 Å². The molecule has 1 fully saturated rings. The summed E-state index contributed by atoms with van der Waals surface area (Å²) in [4.78, 5) is 9.74. The Morgan fingerprint density at radius 2 is 1.90 bits per heavy atom. The summed E-state index contributed by atoms with van der Waals surface area (Å²) in [5.74, 6) is 0.944. The van der Waals surface area contributed by atoms with Crippen LogP contribution in [0.15, 0.2) is 35.3 Å². The maximum atomic E-state index is 5.69. The first-order valence-corrected chi connectivity index (χ1v) is 11.6. The quantitative estimate of drug-likeness (QED) is 0.428. The van der Waals surface area contributed by atoms with Crippen molar-refractivity contribution in [2.75, 3.05) is 46.4 Å². The number of benzene rings is 1. The number of likely N-dealkylation sites (tertiary alicyclic amines) is 1. The summed E-state index contributed by atoms with van der Waals surface area (Å²) in [6.45, 7) is 15.3. The van der Waals surface area contributed by atoms with Crippen LogP contribution in [0.25, 0.3) is 0 Å². The number of aliphatic imine (C=N–C) groups is 1. The summed E-state index contributed by atoms with van der Waals surface area (Å²) in [7, 11) is 2.17. The average Bonchev–Trinajstić information content (AvgIpc) is 2.73. The molecule has 2 rings (SSSR count). The lowest BCUT2D eigenvalue weighted by atomic mass is 10.1. The van der Waals surface area contributed by atoms with E-state index in [0.717, 1.165) is 64.7 Å². The Labute approximate surface area is 184 Å². The molecule has 0 spiro atoms. The third-order valence-corrected chi connectivity index (χ3v) is 5.67. The fraction of sp³-hybridized carbons (Fsp3) is 0.708. The lowest BCUT2D eigenvalue weighted by molar-refractivity contribution is 0.0532. The number of nitrogens with one attached hydrogen (secondary N) is 2. The van der Waals surface area contributed by atoms with Crippen LogP contribution in [0.3, 0.4) is 0 Å². The minimum absolute atomic E-state index is 0.317. The Balaban J connectivity index is 1.76. The summed E-state index contributed by atoms with van der Waals surface area (Å²) in [6, 6.07) is 11.5. The number of likely N-dealkylation sites (N-methyl/N-ethyl adjacent to an activating group) is 1. The van der Waals surface area contributed by atoms with Crippen LogP contribution in [0.2, 0.25) is 0 Å². The van der Waals surface area contributed by atoms with Crippen molar-refractivity contribution in [2.24, 2.45) is 4.99 Å². The fourth-order valence-electron chi connectivity index (χ4n) is 3.62. The minimum Gasteiger partial charge on any atom is -0.377 e. The van der Waals surface area contributed by atoms with Gasteiger partial charge in [0.25, 0.3) is 0 Å². The molecule has 1 aliphatic heterocycles. The maximum absolute atomic E-state index is 5.69. The molecule has 30 heavy (non-hydrogen) atoms. The van der Waals surface area contributed by atoms with E-state index < -0.39 is 0 Å². The monoisotopic (exact) mass is 417 g/mol. The van der Waals surface area contributed by atoms with Crippen molar-refractivity contribution in [3.8, 4) is 0 Å². The lowest BCUT2D eigenvalue weighted by Gasteiger charge is -2.33. The molecule has 2 N–H and O–H groups in total. The van der Waals surface area contributed by atoms with E-state index in [1.54, 1.807) is 0 Å². The van der Waals surface area contributed by atoms with E-state index in [2.05, 4.69) is 85.5 Å². The van der Waals surface area contributed by atoms with Crippen LogP contribution in [-0.4, -0.2) is 80.3 Å². The van der Waals surface area contributed by atoms with Crippen molar-refractivity contribution in [1.82, 2.24) is 20.4 Å². The normalized spacial score (nSPS) is 17.5. The molecule has 0 aliphatic carbocycles. The first kappa shape index (κ1) is 24.6. The van der Waals surface area contributed by atoms with Gasteiger partial charge in [-0.3, -0.25) is 9.89 Å². The minimum atomic E-state index is 0.317. The molecule has 0 saturated carbocycles. The number of nitrogens with zero attached hydrogens (tertiary/aromatic N) is 3. The molecule has 170 valence electrons. The zero-order valence-electron chi connectivity index (χ0n) is 19.7. The second kappa shape index (κ2) is 13.6. The fourth-order valence-corrected chi connectivity index (χ4v) is 3.62. The zero-order chi connectivity index (χ0) is 21.8. The summed E-state index contributed by atoms with van der Waals surface area (Å²) in [5.41, 5.74) is 1.34. The third kappa shape index (κ3) is 9.45. The second-order valence-electron chi connectivity index (χ2n) is 8.65. The van der Waals surface area contributed by atoms with Gasteiger partial charge in [0.1, 0.15) is 0 Å². The Bertz CT molecular complexity index is 599. The molecule has 0 aromatic heterocycles. The summed E-state index contributed by atoms with van der Waals surface area (Å²) >= 11 is 0. The molecule has 1 heterocycles. The highest BCUT2D eigenvalue weighted by Crippen LogP contribution is 2.10. The van der Waals surface area contributed by atoms with Crippen LogP contribution < -0.4 is 10.6 Å². The molecule has 6 heteroatoms. The molecule has 1 aliphatic rings. The van der Waals surface area contributed by atoms with E-state index in [0.29, 0.717) is 18.2 Å². The van der Waals surface area contributed by atoms with Gasteiger partial charge in [0.15, 0.2) is 5.96 Å². The summed E-state index contributed by atoms with van der Waals surface area (Å²) in [5, 5.41) is 7.08. The van der Waals surface area contributed by atoms with Gasteiger partial charge in [0.2, 0.25) is 0 Å². The molecule has 1 atom stereocenters. The van der Waals surface area contributed by atoms with Gasteiger partial charge in [0, 0.05) is 44.8 Å². The second-order valence-corrected chi connectivity index (χ2v) is 8.65. The molecule has 1 saturated heterocycles. The predicted molar refractivity (Wildman–Crippen MR) is 127 cm³/mol. The molecule has 0 amide bonds. The zero-order valence-corrected chi connectivity index (χ0v) is 19.7.